The molecule has 11 heavy (non-hydrogen) atoms. The van der Waals surface area contributed by atoms with Gasteiger partial charge in [0.15, 0.2) is 0 Å². The van der Waals surface area contributed by atoms with E-state index in [-0.39, 0.29) is 0 Å². The van der Waals surface area contributed by atoms with E-state index in [9.17, 15) is 0 Å². The molecule has 0 saturated heterocycles. The Morgan fingerprint density at radius 1 is 1.18 bits per heavy atom. The van der Waals surface area contributed by atoms with E-state index >= 15 is 0 Å². The average molecular weight is 163 g/mol. The molecule has 0 aliphatic heterocycles. The summed E-state index contributed by atoms with van der Waals surface area (Å²) in [7, 11) is 0. The summed E-state index contributed by atoms with van der Waals surface area (Å²) in [5.41, 5.74) is 2.97. The van der Waals surface area contributed by atoms with Crippen LogP contribution in [0.5, 0.6) is 0 Å². The predicted molar refractivity (Wildman–Crippen MR) is 50.9 cm³/mol. The largest absolute Gasteiger partial charge is 0.245 e. The van der Waals surface area contributed by atoms with Crippen molar-refractivity contribution in [2.24, 2.45) is 0 Å². The van der Waals surface area contributed by atoms with Crippen LogP contribution in [0, 0.1) is 0 Å². The average Bonchev–Trinajstić information content (AvgIpc) is 2.55. The number of hydrogen-bond acceptors (Lipinski definition) is 2. The highest BCUT2D eigenvalue weighted by atomic mass is 32.1. The van der Waals surface area contributed by atoms with Gasteiger partial charge in [-0.25, -0.2) is 4.98 Å². The third-order valence-electron chi connectivity index (χ3n) is 1.24. The van der Waals surface area contributed by atoms with E-state index < -0.39 is 0 Å². The fourth-order valence-electron chi connectivity index (χ4n) is 0.803. The highest BCUT2D eigenvalue weighted by molar-refractivity contribution is 7.16. The molecule has 0 radical (unpaired) electrons. The Morgan fingerprint density at radius 3 is 2.64 bits per heavy atom. The van der Waals surface area contributed by atoms with E-state index in [4.69, 9.17) is 0 Å². The summed E-state index contributed by atoms with van der Waals surface area (Å²) in [6.45, 7) is 6.00. The molecule has 2 rings (SSSR count). The number of nitrogens with zero attached hydrogens (tertiary/aromatic N) is 1. The minimum atomic E-state index is 1.10. The van der Waals surface area contributed by atoms with E-state index in [1.165, 1.54) is 4.70 Å². The molecule has 0 N–H and O–H groups in total. The van der Waals surface area contributed by atoms with Crippen molar-refractivity contribution in [2.45, 2.75) is 0 Å². The van der Waals surface area contributed by atoms with Crippen molar-refractivity contribution in [3.8, 4) is 0 Å². The number of aromatic nitrogens is 1. The van der Waals surface area contributed by atoms with E-state index in [0.29, 0.717) is 0 Å². The molecule has 1 heterocycles. The minimum Gasteiger partial charge on any atom is -0.245 e. The molecule has 0 saturated carbocycles. The molecule has 2 heteroatoms. The summed E-state index contributed by atoms with van der Waals surface area (Å²) in [5.74, 6) is 0. The molecule has 2 aromatic rings. The van der Waals surface area contributed by atoms with Crippen LogP contribution >= 0.6 is 11.3 Å². The van der Waals surface area contributed by atoms with Crippen LogP contribution in [0.2, 0.25) is 0 Å². The van der Waals surface area contributed by atoms with Crippen molar-refractivity contribution in [3.63, 3.8) is 0 Å². The lowest BCUT2D eigenvalue weighted by molar-refractivity contribution is 1.50. The van der Waals surface area contributed by atoms with Gasteiger partial charge in [-0.05, 0) is 12.1 Å². The SMILES string of the molecule is C=C.c1ccc2scnc2c1. The number of hydrogen-bond donors (Lipinski definition) is 0. The van der Waals surface area contributed by atoms with Gasteiger partial charge in [0.1, 0.15) is 0 Å². The second-order valence-electron chi connectivity index (χ2n) is 1.82. The molecule has 0 spiro atoms. The number of benzene rings is 1. The molecule has 56 valence electrons. The van der Waals surface area contributed by atoms with Gasteiger partial charge in [-0.15, -0.1) is 24.5 Å². The van der Waals surface area contributed by atoms with Gasteiger partial charge in [0.05, 0.1) is 15.7 Å². The van der Waals surface area contributed by atoms with Crippen molar-refractivity contribution in [3.05, 3.63) is 42.9 Å². The Balaban J connectivity index is 0.000000281. The zero-order valence-electron chi connectivity index (χ0n) is 6.16. The topological polar surface area (TPSA) is 12.9 Å². The van der Waals surface area contributed by atoms with Gasteiger partial charge in [-0.3, -0.25) is 0 Å². The maximum Gasteiger partial charge on any atom is 0.0812 e. The Morgan fingerprint density at radius 2 is 1.91 bits per heavy atom. The first-order chi connectivity index (χ1) is 5.47. The second kappa shape index (κ2) is 3.88. The summed E-state index contributed by atoms with van der Waals surface area (Å²) in [5, 5.41) is 0. The zero-order valence-corrected chi connectivity index (χ0v) is 6.97. The molecular formula is C9H9NS. The van der Waals surface area contributed by atoms with Gasteiger partial charge >= 0.3 is 0 Å². The highest BCUT2D eigenvalue weighted by Gasteiger charge is 1.89. The second-order valence-corrected chi connectivity index (χ2v) is 2.71. The Hall–Kier alpha value is -1.15. The fraction of sp³-hybridized carbons (Fsp3) is 0. The summed E-state index contributed by atoms with van der Waals surface area (Å²) in [4.78, 5) is 4.14. The lowest BCUT2D eigenvalue weighted by Gasteiger charge is -1.80. The van der Waals surface area contributed by atoms with Crippen LogP contribution in [-0.2, 0) is 0 Å². The van der Waals surface area contributed by atoms with E-state index in [0.717, 1.165) is 5.52 Å². The van der Waals surface area contributed by atoms with Crippen LogP contribution in [0.3, 0.4) is 0 Å². The molecule has 0 atom stereocenters. The monoisotopic (exact) mass is 163 g/mol. The van der Waals surface area contributed by atoms with E-state index in [2.05, 4.69) is 24.2 Å². The number of thiazole rings is 1. The Labute approximate surface area is 70.0 Å². The standard InChI is InChI=1S/C7H5NS.C2H4/c1-2-4-7-6(3-1)8-5-9-7;1-2/h1-5H;1-2H2. The fourth-order valence-corrected chi connectivity index (χ4v) is 1.48. The Bertz CT molecular complexity index is 297. The maximum absolute atomic E-state index is 4.14. The van der Waals surface area contributed by atoms with Gasteiger partial charge in [-0.2, -0.15) is 0 Å². The van der Waals surface area contributed by atoms with Gasteiger partial charge < -0.3 is 0 Å². The maximum atomic E-state index is 4.14. The molecule has 0 bridgehead atoms. The quantitative estimate of drug-likeness (QED) is 0.544. The van der Waals surface area contributed by atoms with Crippen LogP contribution in [0.1, 0.15) is 0 Å². The minimum absolute atomic E-state index is 1.10. The Kier molecular flexibility index (Phi) is 2.81. The van der Waals surface area contributed by atoms with Crippen molar-refractivity contribution < 1.29 is 0 Å². The number of fused-ring (bicyclic) bond motifs is 1. The lowest BCUT2D eigenvalue weighted by atomic mass is 10.3. The highest BCUT2D eigenvalue weighted by Crippen LogP contribution is 2.15. The molecular weight excluding hydrogens is 154 g/mol. The van der Waals surface area contributed by atoms with Crippen LogP contribution in [0.4, 0.5) is 0 Å². The van der Waals surface area contributed by atoms with Gasteiger partial charge in [0.2, 0.25) is 0 Å². The summed E-state index contributed by atoms with van der Waals surface area (Å²) >= 11 is 1.68. The van der Waals surface area contributed by atoms with Gasteiger partial charge in [0.25, 0.3) is 0 Å². The van der Waals surface area contributed by atoms with Crippen LogP contribution in [0.25, 0.3) is 10.2 Å². The summed E-state index contributed by atoms with van der Waals surface area (Å²) in [6.07, 6.45) is 0. The van der Waals surface area contributed by atoms with Crippen molar-refractivity contribution in [1.82, 2.24) is 4.98 Å². The van der Waals surface area contributed by atoms with Crippen molar-refractivity contribution in [2.75, 3.05) is 0 Å². The predicted octanol–water partition coefficient (Wildman–Crippen LogP) is 3.10. The van der Waals surface area contributed by atoms with E-state index in [1.807, 2.05) is 23.7 Å². The lowest BCUT2D eigenvalue weighted by Crippen LogP contribution is -1.61. The molecule has 1 nitrogen and oxygen atoms in total. The molecule has 0 fully saturated rings. The number of rotatable bonds is 0. The van der Waals surface area contributed by atoms with Crippen molar-refractivity contribution >= 4 is 21.6 Å². The molecule has 1 aromatic heterocycles. The third-order valence-corrected chi connectivity index (χ3v) is 2.05. The third kappa shape index (κ3) is 1.65. The van der Waals surface area contributed by atoms with Crippen LogP contribution in [0.15, 0.2) is 42.9 Å². The van der Waals surface area contributed by atoms with Crippen molar-refractivity contribution in [1.29, 1.82) is 0 Å². The van der Waals surface area contributed by atoms with E-state index in [1.54, 1.807) is 11.3 Å². The summed E-state index contributed by atoms with van der Waals surface area (Å²) in [6, 6.07) is 8.13. The molecule has 0 aliphatic rings. The first-order valence-electron chi connectivity index (χ1n) is 3.25. The molecule has 0 aliphatic carbocycles. The first kappa shape index (κ1) is 7.95. The first-order valence-corrected chi connectivity index (χ1v) is 4.13. The molecule has 0 unspecified atom stereocenters. The summed E-state index contributed by atoms with van der Waals surface area (Å²) < 4.78 is 1.26. The van der Waals surface area contributed by atoms with Crippen LogP contribution < -0.4 is 0 Å². The normalized spacial score (nSPS) is 8.73. The zero-order chi connectivity index (χ0) is 8.10. The van der Waals surface area contributed by atoms with Gasteiger partial charge in [0, 0.05) is 0 Å². The van der Waals surface area contributed by atoms with Crippen LogP contribution in [-0.4, -0.2) is 4.98 Å². The molecule has 1 aromatic carbocycles. The smallest absolute Gasteiger partial charge is 0.0812 e. The van der Waals surface area contributed by atoms with Gasteiger partial charge in [-0.1, -0.05) is 12.1 Å². The molecule has 0 amide bonds. The number of para-hydroxylation sites is 1.